The number of para-hydroxylation sites is 1. The first-order valence-electron chi connectivity index (χ1n) is 8.80. The van der Waals surface area contributed by atoms with E-state index in [0.29, 0.717) is 17.5 Å². The molecule has 26 heavy (non-hydrogen) atoms. The van der Waals surface area contributed by atoms with Crippen LogP contribution in [0, 0.1) is 0 Å². The Morgan fingerprint density at radius 3 is 3.00 bits per heavy atom. The molecular weight excluding hydrogens is 366 g/mol. The Bertz CT molecular complexity index is 893. The molecule has 0 radical (unpaired) electrons. The number of carbonyl (C=O) groups is 1. The van der Waals surface area contributed by atoms with Crippen molar-refractivity contribution in [2.45, 2.75) is 18.8 Å². The van der Waals surface area contributed by atoms with Gasteiger partial charge in [0.1, 0.15) is 0 Å². The van der Waals surface area contributed by atoms with Crippen molar-refractivity contribution in [3.63, 3.8) is 0 Å². The smallest absolute Gasteiger partial charge is 0.238 e. The van der Waals surface area contributed by atoms with E-state index in [1.54, 1.807) is 23.5 Å². The minimum atomic E-state index is -0.00258. The highest BCUT2D eigenvalue weighted by atomic mass is 35.5. The molecule has 1 fully saturated rings. The third-order valence-electron chi connectivity index (χ3n) is 4.64. The Kier molecular flexibility index (Phi) is 5.20. The van der Waals surface area contributed by atoms with Gasteiger partial charge >= 0.3 is 0 Å². The van der Waals surface area contributed by atoms with E-state index in [1.807, 2.05) is 18.2 Å². The summed E-state index contributed by atoms with van der Waals surface area (Å²) in [4.78, 5) is 19.4. The Morgan fingerprint density at radius 2 is 2.15 bits per heavy atom. The number of aromatic nitrogens is 1. The summed E-state index contributed by atoms with van der Waals surface area (Å²) in [5.74, 6) is 0.400. The Hall–Kier alpha value is -1.95. The summed E-state index contributed by atoms with van der Waals surface area (Å²) in [7, 11) is 0. The molecule has 1 amide bonds. The zero-order valence-electron chi connectivity index (χ0n) is 14.3. The van der Waals surface area contributed by atoms with Gasteiger partial charge in [-0.05, 0) is 49.7 Å². The fraction of sp³-hybridized carbons (Fsp3) is 0.300. The van der Waals surface area contributed by atoms with E-state index in [4.69, 9.17) is 16.6 Å². The topological polar surface area (TPSA) is 45.2 Å². The number of hydrogen-bond donors (Lipinski definition) is 1. The average molecular weight is 386 g/mol. The number of anilines is 1. The summed E-state index contributed by atoms with van der Waals surface area (Å²) < 4.78 is 1.23. The van der Waals surface area contributed by atoms with Crippen LogP contribution in [-0.4, -0.2) is 35.4 Å². The second kappa shape index (κ2) is 7.74. The number of thiazole rings is 1. The van der Waals surface area contributed by atoms with Gasteiger partial charge in [-0.3, -0.25) is 9.69 Å². The maximum atomic E-state index is 12.4. The number of carbonyl (C=O) groups excluding carboxylic acids is 1. The lowest BCUT2D eigenvalue weighted by Crippen LogP contribution is -2.39. The van der Waals surface area contributed by atoms with Crippen LogP contribution in [0.1, 0.15) is 23.8 Å². The number of rotatable bonds is 4. The molecule has 6 heteroatoms. The van der Waals surface area contributed by atoms with E-state index in [2.05, 4.69) is 28.4 Å². The minimum Gasteiger partial charge on any atom is -0.325 e. The monoisotopic (exact) mass is 385 g/mol. The predicted molar refractivity (Wildman–Crippen MR) is 108 cm³/mol. The maximum Gasteiger partial charge on any atom is 0.238 e. The molecule has 0 spiro atoms. The Balaban J connectivity index is 1.39. The van der Waals surface area contributed by atoms with Gasteiger partial charge in [0.2, 0.25) is 5.91 Å². The molecule has 1 aliphatic heterocycles. The molecule has 1 N–H and O–H groups in total. The molecule has 0 bridgehead atoms. The van der Waals surface area contributed by atoms with E-state index in [9.17, 15) is 4.79 Å². The summed E-state index contributed by atoms with van der Waals surface area (Å²) >= 11 is 7.75. The van der Waals surface area contributed by atoms with Gasteiger partial charge in [0.15, 0.2) is 0 Å². The number of hydrogen-bond acceptors (Lipinski definition) is 4. The first-order valence-corrected chi connectivity index (χ1v) is 10.00. The molecule has 1 saturated heterocycles. The Labute approximate surface area is 161 Å². The molecule has 0 saturated carbocycles. The van der Waals surface area contributed by atoms with Gasteiger partial charge in [-0.15, -0.1) is 11.3 Å². The highest BCUT2D eigenvalue weighted by Gasteiger charge is 2.25. The number of piperidine rings is 1. The molecule has 1 aromatic heterocycles. The standard InChI is InChI=1S/C20H20ClN3OS/c21-15-6-3-7-16(11-15)22-19(25)13-24-10-4-5-14(12-24)20-23-17-8-1-2-9-18(17)26-20/h1-3,6-9,11,14H,4-5,10,12-13H2,(H,22,25)/t14-/m1/s1. The number of fused-ring (bicyclic) bond motifs is 1. The molecule has 1 aliphatic rings. The molecule has 4 nitrogen and oxygen atoms in total. The van der Waals surface area contributed by atoms with Gasteiger partial charge in [0, 0.05) is 23.2 Å². The summed E-state index contributed by atoms with van der Waals surface area (Å²) in [6.07, 6.45) is 2.22. The lowest BCUT2D eigenvalue weighted by Gasteiger charge is -2.31. The first-order chi connectivity index (χ1) is 12.7. The largest absolute Gasteiger partial charge is 0.325 e. The van der Waals surface area contributed by atoms with Gasteiger partial charge in [0.25, 0.3) is 0 Å². The molecule has 3 aromatic rings. The molecule has 0 unspecified atom stereocenters. The van der Waals surface area contributed by atoms with E-state index in [-0.39, 0.29) is 5.91 Å². The zero-order chi connectivity index (χ0) is 17.9. The second-order valence-electron chi connectivity index (χ2n) is 6.65. The quantitative estimate of drug-likeness (QED) is 0.703. The third kappa shape index (κ3) is 4.06. The van der Waals surface area contributed by atoms with Crippen molar-refractivity contribution in [2.75, 3.05) is 25.0 Å². The third-order valence-corrected chi connectivity index (χ3v) is 6.07. The molecule has 1 atom stereocenters. The van der Waals surface area contributed by atoms with Gasteiger partial charge in [-0.2, -0.15) is 0 Å². The molecule has 134 valence electrons. The van der Waals surface area contributed by atoms with Crippen LogP contribution in [0.5, 0.6) is 0 Å². The van der Waals surface area contributed by atoms with Crippen LogP contribution in [-0.2, 0) is 4.79 Å². The highest BCUT2D eigenvalue weighted by Crippen LogP contribution is 2.32. The number of halogens is 1. The van der Waals surface area contributed by atoms with Crippen molar-refractivity contribution in [1.29, 1.82) is 0 Å². The fourth-order valence-electron chi connectivity index (χ4n) is 3.44. The van der Waals surface area contributed by atoms with Crippen molar-refractivity contribution in [1.82, 2.24) is 9.88 Å². The fourth-order valence-corrected chi connectivity index (χ4v) is 4.72. The van der Waals surface area contributed by atoms with Crippen molar-refractivity contribution >= 4 is 44.7 Å². The van der Waals surface area contributed by atoms with Crippen molar-refractivity contribution < 1.29 is 4.79 Å². The molecule has 0 aliphatic carbocycles. The molecular formula is C20H20ClN3OS. The van der Waals surface area contributed by atoms with Crippen LogP contribution in [0.4, 0.5) is 5.69 Å². The van der Waals surface area contributed by atoms with Gasteiger partial charge in [-0.1, -0.05) is 29.8 Å². The van der Waals surface area contributed by atoms with Crippen LogP contribution >= 0.6 is 22.9 Å². The van der Waals surface area contributed by atoms with E-state index >= 15 is 0 Å². The van der Waals surface area contributed by atoms with Gasteiger partial charge in [-0.25, -0.2) is 4.98 Å². The van der Waals surface area contributed by atoms with Gasteiger partial charge in [0.05, 0.1) is 21.8 Å². The average Bonchev–Trinajstić information content (AvgIpc) is 3.06. The number of benzene rings is 2. The summed E-state index contributed by atoms with van der Waals surface area (Å²) in [5.41, 5.74) is 1.81. The maximum absolute atomic E-state index is 12.4. The number of amides is 1. The van der Waals surface area contributed by atoms with Crippen LogP contribution in [0.3, 0.4) is 0 Å². The highest BCUT2D eigenvalue weighted by molar-refractivity contribution is 7.18. The van der Waals surface area contributed by atoms with E-state index in [0.717, 1.165) is 37.1 Å². The van der Waals surface area contributed by atoms with E-state index < -0.39 is 0 Å². The number of nitrogens with zero attached hydrogens (tertiary/aromatic N) is 2. The van der Waals surface area contributed by atoms with E-state index in [1.165, 1.54) is 9.71 Å². The van der Waals surface area contributed by atoms with Crippen molar-refractivity contribution in [2.24, 2.45) is 0 Å². The SMILES string of the molecule is O=C(CN1CCC[C@@H](c2nc3ccccc3s2)C1)Nc1cccc(Cl)c1. The van der Waals surface area contributed by atoms with Crippen molar-refractivity contribution in [3.8, 4) is 0 Å². The van der Waals surface area contributed by atoms with Crippen LogP contribution in [0.25, 0.3) is 10.2 Å². The van der Waals surface area contributed by atoms with Crippen LogP contribution < -0.4 is 5.32 Å². The normalized spacial score (nSPS) is 18.1. The first kappa shape index (κ1) is 17.5. The molecule has 4 rings (SSSR count). The predicted octanol–water partition coefficient (Wildman–Crippen LogP) is 4.77. The summed E-state index contributed by atoms with van der Waals surface area (Å²) in [6.45, 7) is 2.22. The lowest BCUT2D eigenvalue weighted by atomic mass is 9.99. The Morgan fingerprint density at radius 1 is 1.27 bits per heavy atom. The van der Waals surface area contributed by atoms with Gasteiger partial charge < -0.3 is 5.32 Å². The minimum absolute atomic E-state index is 0.00258. The van der Waals surface area contributed by atoms with Crippen LogP contribution in [0.15, 0.2) is 48.5 Å². The van der Waals surface area contributed by atoms with Crippen LogP contribution in [0.2, 0.25) is 5.02 Å². The van der Waals surface area contributed by atoms with Crippen molar-refractivity contribution in [3.05, 3.63) is 58.6 Å². The number of likely N-dealkylation sites (tertiary alicyclic amines) is 1. The summed E-state index contributed by atoms with van der Waals surface area (Å²) in [5, 5.41) is 4.74. The number of nitrogens with one attached hydrogen (secondary N) is 1. The molecule has 2 aromatic carbocycles. The summed E-state index contributed by atoms with van der Waals surface area (Å²) in [6, 6.07) is 15.5. The lowest BCUT2D eigenvalue weighted by molar-refractivity contribution is -0.117. The molecule has 2 heterocycles. The second-order valence-corrected chi connectivity index (χ2v) is 8.15. The zero-order valence-corrected chi connectivity index (χ0v) is 15.9.